The fourth-order valence-corrected chi connectivity index (χ4v) is 4.98. The van der Waals surface area contributed by atoms with Crippen LogP contribution in [-0.2, 0) is 14.8 Å². The molecule has 0 atom stereocenters. The van der Waals surface area contributed by atoms with Gasteiger partial charge in [-0.15, -0.1) is 0 Å². The number of carbonyl (C=O) groups excluding carboxylic acids is 1. The van der Waals surface area contributed by atoms with Gasteiger partial charge in [0.2, 0.25) is 15.9 Å². The maximum Gasteiger partial charge on any atom is 0.246 e. The van der Waals surface area contributed by atoms with Crippen molar-refractivity contribution in [3.63, 3.8) is 0 Å². The van der Waals surface area contributed by atoms with Crippen LogP contribution in [0.1, 0.15) is 12.8 Å². The van der Waals surface area contributed by atoms with Crippen molar-refractivity contribution < 1.29 is 22.3 Å². The Morgan fingerprint density at radius 3 is 2.59 bits per heavy atom. The van der Waals surface area contributed by atoms with E-state index in [-0.39, 0.29) is 47.4 Å². The molecule has 29 heavy (non-hydrogen) atoms. The number of carbonyl (C=O) groups is 1. The molecule has 10 heteroatoms. The summed E-state index contributed by atoms with van der Waals surface area (Å²) in [6.45, 7) is 1.03. The molecule has 0 spiro atoms. The molecule has 0 unspecified atom stereocenters. The second-order valence-corrected chi connectivity index (χ2v) is 8.83. The summed E-state index contributed by atoms with van der Waals surface area (Å²) in [6, 6.07) is 8.57. The van der Waals surface area contributed by atoms with Crippen molar-refractivity contribution in [2.45, 2.75) is 17.7 Å². The van der Waals surface area contributed by atoms with Gasteiger partial charge in [-0.1, -0.05) is 11.6 Å². The van der Waals surface area contributed by atoms with E-state index in [4.69, 9.17) is 16.3 Å². The summed E-state index contributed by atoms with van der Waals surface area (Å²) in [5, 5.41) is 2.73. The molecular weight excluding hydrogens is 421 g/mol. The summed E-state index contributed by atoms with van der Waals surface area (Å²) in [7, 11) is -3.74. The fourth-order valence-electron chi connectivity index (χ4n) is 3.08. The molecule has 3 rings (SSSR count). The number of ether oxygens (including phenoxy) is 1. The van der Waals surface area contributed by atoms with Gasteiger partial charge in [-0.3, -0.25) is 4.79 Å². The van der Waals surface area contributed by atoms with Gasteiger partial charge >= 0.3 is 0 Å². The highest BCUT2D eigenvalue weighted by atomic mass is 35.5. The summed E-state index contributed by atoms with van der Waals surface area (Å²) >= 11 is 5.92. The van der Waals surface area contributed by atoms with Gasteiger partial charge in [0.25, 0.3) is 0 Å². The van der Waals surface area contributed by atoms with Crippen LogP contribution >= 0.6 is 11.6 Å². The molecule has 0 aliphatic carbocycles. The molecule has 2 heterocycles. The highest BCUT2D eigenvalue weighted by Gasteiger charge is 2.33. The Morgan fingerprint density at radius 2 is 1.93 bits per heavy atom. The molecule has 1 aliphatic rings. The predicted molar refractivity (Wildman–Crippen MR) is 106 cm³/mol. The number of amides is 1. The maximum atomic E-state index is 12.8. The van der Waals surface area contributed by atoms with Crippen molar-refractivity contribution >= 4 is 27.5 Å². The first-order chi connectivity index (χ1) is 13.9. The van der Waals surface area contributed by atoms with Gasteiger partial charge in [0.15, 0.2) is 0 Å². The third kappa shape index (κ3) is 5.43. The lowest BCUT2D eigenvalue weighted by atomic mass is 9.97. The zero-order valence-corrected chi connectivity index (χ0v) is 17.1. The van der Waals surface area contributed by atoms with Gasteiger partial charge in [0.05, 0.1) is 6.54 Å². The lowest BCUT2D eigenvalue weighted by Crippen LogP contribution is -2.43. The number of nitrogens with zero attached hydrogens (tertiary/aromatic N) is 2. The Kier molecular flexibility index (Phi) is 7.05. The first kappa shape index (κ1) is 21.5. The number of pyridine rings is 1. The van der Waals surface area contributed by atoms with Gasteiger partial charge in [-0.2, -0.15) is 4.31 Å². The molecule has 1 fully saturated rings. The van der Waals surface area contributed by atoms with Gasteiger partial charge < -0.3 is 10.1 Å². The van der Waals surface area contributed by atoms with E-state index < -0.39 is 10.0 Å². The van der Waals surface area contributed by atoms with Crippen LogP contribution in [0.4, 0.5) is 4.39 Å². The molecular formula is C19H21ClFN3O4S. The van der Waals surface area contributed by atoms with E-state index in [1.165, 1.54) is 46.9 Å². The minimum atomic E-state index is -3.74. The van der Waals surface area contributed by atoms with Gasteiger partial charge in [0.1, 0.15) is 28.2 Å². The molecule has 0 radical (unpaired) electrons. The zero-order valence-electron chi connectivity index (χ0n) is 15.6. The van der Waals surface area contributed by atoms with Crippen LogP contribution in [0.3, 0.4) is 0 Å². The second-order valence-electron chi connectivity index (χ2n) is 6.56. The SMILES string of the molecule is O=C(NCCOc1ccc(F)cc1)C1CCN(S(=O)(=O)c2cccnc2Cl)CC1. The van der Waals surface area contributed by atoms with E-state index in [9.17, 15) is 17.6 Å². The van der Waals surface area contributed by atoms with Crippen molar-refractivity contribution in [3.05, 3.63) is 53.6 Å². The molecule has 7 nitrogen and oxygen atoms in total. The Hall–Kier alpha value is -2.23. The maximum absolute atomic E-state index is 12.8. The third-order valence-corrected chi connectivity index (χ3v) is 6.99. The van der Waals surface area contributed by atoms with Crippen LogP contribution in [-0.4, -0.2) is 49.9 Å². The summed E-state index contributed by atoms with van der Waals surface area (Å²) < 4.78 is 45.0. The van der Waals surface area contributed by atoms with E-state index in [2.05, 4.69) is 10.3 Å². The van der Waals surface area contributed by atoms with Crippen LogP contribution in [0.25, 0.3) is 0 Å². The minimum absolute atomic E-state index is 0.0255. The first-order valence-electron chi connectivity index (χ1n) is 9.14. The topological polar surface area (TPSA) is 88.6 Å². The van der Waals surface area contributed by atoms with Gasteiger partial charge in [0, 0.05) is 25.2 Å². The molecule has 1 saturated heterocycles. The number of aromatic nitrogens is 1. The summed E-state index contributed by atoms with van der Waals surface area (Å²) in [5.74, 6) is -0.223. The Balaban J connectivity index is 1.44. The number of hydrogen-bond acceptors (Lipinski definition) is 5. The second kappa shape index (κ2) is 9.51. The summed E-state index contributed by atoms with van der Waals surface area (Å²) in [5.41, 5.74) is 0. The Labute approximate surface area is 173 Å². The normalized spacial score (nSPS) is 15.8. The number of rotatable bonds is 7. The Morgan fingerprint density at radius 1 is 1.24 bits per heavy atom. The standard InChI is InChI=1S/C19H21ClFN3O4S/c20-18-17(2-1-9-22-18)29(26,27)24-11-7-14(8-12-24)19(25)23-10-13-28-16-5-3-15(21)4-6-16/h1-6,9,14H,7-8,10-13H2,(H,23,25). The number of piperidine rings is 1. The van der Waals surface area contributed by atoms with Crippen LogP contribution < -0.4 is 10.1 Å². The van der Waals surface area contributed by atoms with Gasteiger partial charge in [-0.25, -0.2) is 17.8 Å². The van der Waals surface area contributed by atoms with Crippen molar-refractivity contribution in [2.75, 3.05) is 26.2 Å². The summed E-state index contributed by atoms with van der Waals surface area (Å²) in [6.07, 6.45) is 2.27. The highest BCUT2D eigenvalue weighted by Crippen LogP contribution is 2.27. The molecule has 1 aromatic heterocycles. The third-order valence-electron chi connectivity index (χ3n) is 4.65. The number of sulfonamides is 1. The van der Waals surface area contributed by atoms with Crippen LogP contribution in [0, 0.1) is 11.7 Å². The molecule has 0 bridgehead atoms. The number of hydrogen-bond donors (Lipinski definition) is 1. The lowest BCUT2D eigenvalue weighted by molar-refractivity contribution is -0.126. The van der Waals surface area contributed by atoms with Crippen molar-refractivity contribution in [1.29, 1.82) is 0 Å². The largest absolute Gasteiger partial charge is 0.492 e. The number of benzene rings is 1. The molecule has 1 aromatic carbocycles. The van der Waals surface area contributed by atoms with Crippen LogP contribution in [0.15, 0.2) is 47.5 Å². The fraction of sp³-hybridized carbons (Fsp3) is 0.368. The van der Waals surface area contributed by atoms with E-state index in [0.717, 1.165) is 0 Å². The van der Waals surface area contributed by atoms with Gasteiger partial charge in [-0.05, 0) is 49.2 Å². The molecule has 2 aromatic rings. The Bertz CT molecular complexity index is 948. The predicted octanol–water partition coefficient (Wildman–Crippen LogP) is 2.47. The number of nitrogens with one attached hydrogen (secondary N) is 1. The monoisotopic (exact) mass is 441 g/mol. The lowest BCUT2D eigenvalue weighted by Gasteiger charge is -2.30. The average molecular weight is 442 g/mol. The number of halogens is 2. The minimum Gasteiger partial charge on any atom is -0.492 e. The molecule has 1 N–H and O–H groups in total. The smallest absolute Gasteiger partial charge is 0.246 e. The van der Waals surface area contributed by atoms with E-state index >= 15 is 0 Å². The van der Waals surface area contributed by atoms with E-state index in [0.29, 0.717) is 25.1 Å². The molecule has 1 aliphatic heterocycles. The van der Waals surface area contributed by atoms with Crippen molar-refractivity contribution in [3.8, 4) is 5.75 Å². The van der Waals surface area contributed by atoms with E-state index in [1.807, 2.05) is 0 Å². The highest BCUT2D eigenvalue weighted by molar-refractivity contribution is 7.89. The first-order valence-corrected chi connectivity index (χ1v) is 11.0. The van der Waals surface area contributed by atoms with Crippen molar-refractivity contribution in [1.82, 2.24) is 14.6 Å². The quantitative estimate of drug-likeness (QED) is 0.526. The van der Waals surface area contributed by atoms with Crippen molar-refractivity contribution in [2.24, 2.45) is 5.92 Å². The molecule has 156 valence electrons. The molecule has 0 saturated carbocycles. The molecule has 1 amide bonds. The summed E-state index contributed by atoms with van der Waals surface area (Å²) in [4.78, 5) is 16.1. The van der Waals surface area contributed by atoms with Crippen LogP contribution in [0.5, 0.6) is 5.75 Å². The van der Waals surface area contributed by atoms with Crippen LogP contribution in [0.2, 0.25) is 5.15 Å². The average Bonchev–Trinajstić information content (AvgIpc) is 2.72. The zero-order chi connectivity index (χ0) is 20.9. The van der Waals surface area contributed by atoms with E-state index in [1.54, 1.807) is 0 Å².